The molecule has 0 bridgehead atoms. The van der Waals surface area contributed by atoms with Crippen LogP contribution < -0.4 is 10.6 Å². The second-order valence-electron chi connectivity index (χ2n) is 10.3. The third kappa shape index (κ3) is 6.92. The third-order valence-electron chi connectivity index (χ3n) is 6.98. The highest BCUT2D eigenvalue weighted by Crippen LogP contribution is 2.42. The first kappa shape index (κ1) is 28.0. The first-order valence-electron chi connectivity index (χ1n) is 13.3. The molecule has 7 heteroatoms. The van der Waals surface area contributed by atoms with E-state index >= 15 is 0 Å². The molecular weight excluding hydrogens is 492 g/mol. The van der Waals surface area contributed by atoms with Gasteiger partial charge in [0.05, 0.1) is 12.5 Å². The molecule has 0 aliphatic carbocycles. The highest BCUT2D eigenvalue weighted by atomic mass is 16.6. The number of nitrogens with one attached hydrogen (secondary N) is 2. The van der Waals surface area contributed by atoms with Gasteiger partial charge in [0.25, 0.3) is 0 Å². The zero-order valence-electron chi connectivity index (χ0n) is 22.6. The molecule has 7 nitrogen and oxygen atoms in total. The maximum absolute atomic E-state index is 13.8. The quantitative estimate of drug-likeness (QED) is 0.271. The molecule has 2 N–H and O–H groups in total. The number of carbonyl (C=O) groups is 3. The highest BCUT2D eigenvalue weighted by molar-refractivity contribution is 5.94. The second kappa shape index (κ2) is 12.7. The number of benzene rings is 3. The zero-order valence-corrected chi connectivity index (χ0v) is 22.6. The lowest BCUT2D eigenvalue weighted by atomic mass is 9.84. The number of likely N-dealkylation sites (N-methyl/N-ethyl adjacent to an activating group) is 1. The molecule has 3 atom stereocenters. The topological polar surface area (TPSA) is 97.0 Å². The summed E-state index contributed by atoms with van der Waals surface area (Å²) < 4.78 is 11.9. The first-order valence-corrected chi connectivity index (χ1v) is 13.3. The van der Waals surface area contributed by atoms with Crippen LogP contribution in [0.25, 0.3) is 0 Å². The van der Waals surface area contributed by atoms with Crippen molar-refractivity contribution in [3.63, 3.8) is 0 Å². The number of hydrogen-bond acceptors (Lipinski definition) is 5. The minimum atomic E-state index is -1.41. The van der Waals surface area contributed by atoms with E-state index in [0.29, 0.717) is 12.8 Å². The Labute approximate surface area is 229 Å². The Hall–Kier alpha value is -3.97. The summed E-state index contributed by atoms with van der Waals surface area (Å²) in [4.78, 5) is 40.2. The fourth-order valence-electron chi connectivity index (χ4n) is 4.82. The van der Waals surface area contributed by atoms with Gasteiger partial charge in [0, 0.05) is 13.5 Å². The molecule has 4 rings (SSSR count). The van der Waals surface area contributed by atoms with Gasteiger partial charge in [0.1, 0.15) is 6.04 Å². The van der Waals surface area contributed by atoms with Gasteiger partial charge < -0.3 is 20.1 Å². The van der Waals surface area contributed by atoms with Crippen molar-refractivity contribution in [3.8, 4) is 0 Å². The van der Waals surface area contributed by atoms with Crippen LogP contribution in [0, 0.1) is 11.8 Å². The van der Waals surface area contributed by atoms with Crippen molar-refractivity contribution in [2.75, 3.05) is 13.7 Å². The van der Waals surface area contributed by atoms with E-state index in [0.717, 1.165) is 16.7 Å². The summed E-state index contributed by atoms with van der Waals surface area (Å²) >= 11 is 0. The highest BCUT2D eigenvalue weighted by Gasteiger charge is 2.62. The average molecular weight is 529 g/mol. The van der Waals surface area contributed by atoms with Crippen LogP contribution in [0.1, 0.15) is 43.1 Å². The van der Waals surface area contributed by atoms with E-state index in [9.17, 15) is 14.4 Å². The molecule has 1 aliphatic rings. The molecule has 3 aromatic carbocycles. The SMILES string of the molecule is CNC(=O)[C@H](Cc1ccccc1)NC(=O)[C@H](CC(C)C)[C@@]1(C(=O)OC(c2ccccc2)c2ccccc2)CO1. The minimum Gasteiger partial charge on any atom is -0.450 e. The Kier molecular flexibility index (Phi) is 9.15. The van der Waals surface area contributed by atoms with E-state index in [1.54, 1.807) is 0 Å². The van der Waals surface area contributed by atoms with Gasteiger partial charge in [0.15, 0.2) is 11.7 Å². The van der Waals surface area contributed by atoms with Crippen molar-refractivity contribution in [2.45, 2.75) is 44.4 Å². The van der Waals surface area contributed by atoms with Gasteiger partial charge in [-0.2, -0.15) is 0 Å². The number of amides is 2. The predicted molar refractivity (Wildman–Crippen MR) is 149 cm³/mol. The van der Waals surface area contributed by atoms with Crippen molar-refractivity contribution < 1.29 is 23.9 Å². The molecule has 3 aromatic rings. The summed E-state index contributed by atoms with van der Waals surface area (Å²) in [6.45, 7) is 4.05. The normalized spacial score (nSPS) is 17.8. The number of carbonyl (C=O) groups excluding carboxylic acids is 3. The summed E-state index contributed by atoms with van der Waals surface area (Å²) in [5, 5.41) is 5.53. The van der Waals surface area contributed by atoms with E-state index in [1.807, 2.05) is 105 Å². The van der Waals surface area contributed by atoms with Crippen molar-refractivity contribution in [3.05, 3.63) is 108 Å². The van der Waals surface area contributed by atoms with Crippen LogP contribution in [0.5, 0.6) is 0 Å². The summed E-state index contributed by atoms with van der Waals surface area (Å²) in [7, 11) is 1.54. The lowest BCUT2D eigenvalue weighted by Gasteiger charge is -2.28. The molecule has 0 spiro atoms. The third-order valence-corrected chi connectivity index (χ3v) is 6.98. The standard InChI is InChI=1S/C32H36N2O5/c1-22(2)19-26(29(35)34-27(30(36)33-3)20-23-13-7-4-8-14-23)32(21-38-32)31(37)39-28(24-15-9-5-10-16-24)25-17-11-6-12-18-25/h4-18,22,26-28H,19-21H2,1-3H3,(H,33,36)(H,34,35)/t26-,27-,32+/m0/s1. The zero-order chi connectivity index (χ0) is 27.8. The molecule has 0 saturated carbocycles. The van der Waals surface area contributed by atoms with E-state index in [-0.39, 0.29) is 18.4 Å². The van der Waals surface area contributed by atoms with Gasteiger partial charge in [0.2, 0.25) is 11.8 Å². The first-order chi connectivity index (χ1) is 18.8. The lowest BCUT2D eigenvalue weighted by molar-refractivity contribution is -0.159. The largest absolute Gasteiger partial charge is 0.450 e. The van der Waals surface area contributed by atoms with E-state index < -0.39 is 35.5 Å². The molecule has 1 heterocycles. The fraction of sp³-hybridized carbons (Fsp3) is 0.344. The average Bonchev–Trinajstić information content (AvgIpc) is 3.77. The number of esters is 1. The van der Waals surface area contributed by atoms with Crippen LogP contribution in [0.4, 0.5) is 0 Å². The predicted octanol–water partition coefficient (Wildman–Crippen LogP) is 4.22. The Balaban J connectivity index is 1.58. The molecule has 204 valence electrons. The summed E-state index contributed by atoms with van der Waals surface area (Å²) in [6.07, 6.45) is 0.0670. The lowest BCUT2D eigenvalue weighted by Crippen LogP contribution is -2.53. The molecule has 39 heavy (non-hydrogen) atoms. The van der Waals surface area contributed by atoms with E-state index in [2.05, 4.69) is 10.6 Å². The molecule has 0 aromatic heterocycles. The van der Waals surface area contributed by atoms with Gasteiger partial charge >= 0.3 is 5.97 Å². The van der Waals surface area contributed by atoms with Gasteiger partial charge in [-0.1, -0.05) is 105 Å². The molecule has 1 fully saturated rings. The van der Waals surface area contributed by atoms with Gasteiger partial charge in [-0.15, -0.1) is 0 Å². The van der Waals surface area contributed by atoms with Gasteiger partial charge in [-0.05, 0) is 29.0 Å². The molecular formula is C32H36N2O5. The Morgan fingerprint density at radius 2 is 1.36 bits per heavy atom. The summed E-state index contributed by atoms with van der Waals surface area (Å²) in [5.74, 6) is -2.02. The van der Waals surface area contributed by atoms with E-state index in [4.69, 9.17) is 9.47 Å². The monoisotopic (exact) mass is 528 g/mol. The second-order valence-corrected chi connectivity index (χ2v) is 10.3. The van der Waals surface area contributed by atoms with Crippen LogP contribution in [0.15, 0.2) is 91.0 Å². The number of hydrogen-bond donors (Lipinski definition) is 2. The minimum absolute atomic E-state index is 0.0796. The molecule has 1 saturated heterocycles. The van der Waals surface area contributed by atoms with Crippen molar-refractivity contribution >= 4 is 17.8 Å². The summed E-state index contributed by atoms with van der Waals surface area (Å²) in [5.41, 5.74) is 1.15. The maximum Gasteiger partial charge on any atom is 0.342 e. The van der Waals surface area contributed by atoms with Crippen LogP contribution in [0.3, 0.4) is 0 Å². The van der Waals surface area contributed by atoms with Crippen molar-refractivity contribution in [1.29, 1.82) is 0 Å². The Bertz CT molecular complexity index is 1200. The van der Waals surface area contributed by atoms with Crippen LogP contribution in [-0.4, -0.2) is 43.1 Å². The molecule has 0 radical (unpaired) electrons. The van der Waals surface area contributed by atoms with Gasteiger partial charge in [-0.3, -0.25) is 9.59 Å². The molecule has 2 amide bonds. The Morgan fingerprint density at radius 1 is 0.846 bits per heavy atom. The molecule has 1 aliphatic heterocycles. The van der Waals surface area contributed by atoms with Crippen LogP contribution >= 0.6 is 0 Å². The summed E-state index contributed by atoms with van der Waals surface area (Å²) in [6, 6.07) is 27.7. The van der Waals surface area contributed by atoms with Crippen LogP contribution in [0.2, 0.25) is 0 Å². The van der Waals surface area contributed by atoms with Crippen molar-refractivity contribution in [1.82, 2.24) is 10.6 Å². The van der Waals surface area contributed by atoms with Crippen molar-refractivity contribution in [2.24, 2.45) is 11.8 Å². The Morgan fingerprint density at radius 3 is 1.82 bits per heavy atom. The smallest absolute Gasteiger partial charge is 0.342 e. The number of epoxide rings is 1. The van der Waals surface area contributed by atoms with Gasteiger partial charge in [-0.25, -0.2) is 4.79 Å². The number of rotatable bonds is 12. The molecule has 0 unspecified atom stereocenters. The van der Waals surface area contributed by atoms with E-state index in [1.165, 1.54) is 7.05 Å². The maximum atomic E-state index is 13.8. The van der Waals surface area contributed by atoms with Crippen LogP contribution in [-0.2, 0) is 30.3 Å². The fourth-order valence-corrected chi connectivity index (χ4v) is 4.82. The number of ether oxygens (including phenoxy) is 2.